The van der Waals surface area contributed by atoms with Gasteiger partial charge in [-0.2, -0.15) is 0 Å². The molecule has 0 fully saturated rings. The van der Waals surface area contributed by atoms with Crippen molar-refractivity contribution in [2.45, 2.75) is 6.54 Å². The number of fused-ring (bicyclic) bond motifs is 1. The van der Waals surface area contributed by atoms with Crippen LogP contribution in [0.25, 0.3) is 10.8 Å². The van der Waals surface area contributed by atoms with Crippen LogP contribution in [0, 0.1) is 0 Å². The number of benzene rings is 3. The van der Waals surface area contributed by atoms with Gasteiger partial charge in [0.15, 0.2) is 0 Å². The fourth-order valence-corrected chi connectivity index (χ4v) is 3.78. The Morgan fingerprint density at radius 1 is 1.09 bits per heavy atom. The lowest BCUT2D eigenvalue weighted by molar-refractivity contribution is -0.121. The SMILES string of the molecule is CNC(=O)CN(C)Cc1c(O)c(C(=O)Nc2cc(Cl)c(OC)cc2OC)cc2ccccc12. The lowest BCUT2D eigenvalue weighted by atomic mass is 9.98. The zero-order valence-corrected chi connectivity index (χ0v) is 19.6. The Hall–Kier alpha value is -3.49. The van der Waals surface area contributed by atoms with Gasteiger partial charge < -0.3 is 25.2 Å². The van der Waals surface area contributed by atoms with E-state index in [1.165, 1.54) is 20.3 Å². The third-order valence-corrected chi connectivity index (χ3v) is 5.51. The number of phenols is 1. The van der Waals surface area contributed by atoms with E-state index in [1.807, 2.05) is 24.3 Å². The number of nitrogens with zero attached hydrogens (tertiary/aromatic N) is 1. The number of methoxy groups -OCH3 is 2. The summed E-state index contributed by atoms with van der Waals surface area (Å²) in [4.78, 5) is 26.7. The minimum Gasteiger partial charge on any atom is -0.507 e. The maximum Gasteiger partial charge on any atom is 0.259 e. The lowest BCUT2D eigenvalue weighted by Gasteiger charge is -2.20. The van der Waals surface area contributed by atoms with Gasteiger partial charge in [-0.15, -0.1) is 0 Å². The third kappa shape index (κ3) is 5.30. The van der Waals surface area contributed by atoms with E-state index in [-0.39, 0.29) is 30.3 Å². The average molecular weight is 472 g/mol. The predicted octanol–water partition coefficient (Wildman–Crippen LogP) is 3.65. The molecule has 0 unspecified atom stereocenters. The quantitative estimate of drug-likeness (QED) is 0.463. The zero-order valence-electron chi connectivity index (χ0n) is 18.9. The summed E-state index contributed by atoms with van der Waals surface area (Å²) < 4.78 is 10.5. The number of aromatic hydroxyl groups is 1. The fraction of sp³-hybridized carbons (Fsp3) is 0.250. The molecule has 0 radical (unpaired) electrons. The van der Waals surface area contributed by atoms with E-state index in [1.54, 1.807) is 31.1 Å². The second-order valence-corrected chi connectivity index (χ2v) is 7.87. The van der Waals surface area contributed by atoms with E-state index in [2.05, 4.69) is 10.6 Å². The first kappa shape index (κ1) is 24.2. The highest BCUT2D eigenvalue weighted by atomic mass is 35.5. The number of anilines is 1. The topological polar surface area (TPSA) is 100 Å². The van der Waals surface area contributed by atoms with Crippen LogP contribution in [-0.4, -0.2) is 56.7 Å². The predicted molar refractivity (Wildman–Crippen MR) is 129 cm³/mol. The van der Waals surface area contributed by atoms with E-state index in [4.69, 9.17) is 21.1 Å². The fourth-order valence-electron chi connectivity index (χ4n) is 3.54. The minimum absolute atomic E-state index is 0.0889. The summed E-state index contributed by atoms with van der Waals surface area (Å²) in [5.74, 6) is -0.0860. The normalized spacial score (nSPS) is 10.8. The van der Waals surface area contributed by atoms with Gasteiger partial charge in [-0.3, -0.25) is 14.5 Å². The molecule has 33 heavy (non-hydrogen) atoms. The second-order valence-electron chi connectivity index (χ2n) is 7.46. The summed E-state index contributed by atoms with van der Waals surface area (Å²) in [6.45, 7) is 0.404. The lowest BCUT2D eigenvalue weighted by Crippen LogP contribution is -2.32. The number of carbonyl (C=O) groups is 2. The third-order valence-electron chi connectivity index (χ3n) is 5.21. The number of likely N-dealkylation sites (N-methyl/N-ethyl adjacent to an activating group) is 2. The summed E-state index contributed by atoms with van der Waals surface area (Å²) >= 11 is 6.21. The first-order valence-corrected chi connectivity index (χ1v) is 10.5. The molecule has 0 saturated carbocycles. The highest BCUT2D eigenvalue weighted by Crippen LogP contribution is 2.37. The Bertz CT molecular complexity index is 1200. The molecule has 0 heterocycles. The average Bonchev–Trinajstić information content (AvgIpc) is 2.80. The molecule has 3 N–H and O–H groups in total. The molecule has 0 bridgehead atoms. The van der Waals surface area contributed by atoms with Crippen molar-refractivity contribution < 1.29 is 24.2 Å². The Labute approximate surface area is 197 Å². The van der Waals surface area contributed by atoms with Gasteiger partial charge in [0.25, 0.3) is 5.91 Å². The number of amides is 2. The van der Waals surface area contributed by atoms with Crippen LogP contribution in [0.3, 0.4) is 0 Å². The van der Waals surface area contributed by atoms with Crippen molar-refractivity contribution in [3.05, 3.63) is 58.6 Å². The maximum atomic E-state index is 13.2. The van der Waals surface area contributed by atoms with Gasteiger partial charge in [0.05, 0.1) is 37.0 Å². The van der Waals surface area contributed by atoms with Gasteiger partial charge in [-0.1, -0.05) is 35.9 Å². The van der Waals surface area contributed by atoms with Crippen LogP contribution in [0.4, 0.5) is 5.69 Å². The molecule has 0 aliphatic rings. The molecule has 0 aromatic heterocycles. The van der Waals surface area contributed by atoms with Crippen LogP contribution in [0.15, 0.2) is 42.5 Å². The monoisotopic (exact) mass is 471 g/mol. The number of ether oxygens (including phenoxy) is 2. The Balaban J connectivity index is 2.01. The Morgan fingerprint density at radius 2 is 1.79 bits per heavy atom. The largest absolute Gasteiger partial charge is 0.507 e. The number of hydrogen-bond acceptors (Lipinski definition) is 6. The van der Waals surface area contributed by atoms with Gasteiger partial charge in [-0.25, -0.2) is 0 Å². The van der Waals surface area contributed by atoms with Crippen molar-refractivity contribution in [2.24, 2.45) is 0 Å². The molecular formula is C24H26ClN3O5. The summed E-state index contributed by atoms with van der Waals surface area (Å²) in [5.41, 5.74) is 0.967. The summed E-state index contributed by atoms with van der Waals surface area (Å²) in [5, 5.41) is 18.3. The molecule has 0 aliphatic carbocycles. The molecule has 0 atom stereocenters. The van der Waals surface area contributed by atoms with Gasteiger partial charge in [0, 0.05) is 25.2 Å². The van der Waals surface area contributed by atoms with E-state index >= 15 is 0 Å². The maximum absolute atomic E-state index is 13.2. The van der Waals surface area contributed by atoms with Crippen LogP contribution >= 0.6 is 11.6 Å². The number of hydrogen-bond donors (Lipinski definition) is 3. The van der Waals surface area contributed by atoms with E-state index < -0.39 is 5.91 Å². The van der Waals surface area contributed by atoms with Gasteiger partial charge >= 0.3 is 0 Å². The van der Waals surface area contributed by atoms with Crippen molar-refractivity contribution in [3.63, 3.8) is 0 Å². The number of phenolic OH excluding ortho intramolecular Hbond substituents is 1. The van der Waals surface area contributed by atoms with Crippen molar-refractivity contribution in [2.75, 3.05) is 40.2 Å². The Morgan fingerprint density at radius 3 is 2.45 bits per heavy atom. The van der Waals surface area contributed by atoms with Crippen LogP contribution in [0.5, 0.6) is 17.2 Å². The van der Waals surface area contributed by atoms with Crippen LogP contribution < -0.4 is 20.1 Å². The molecule has 8 nitrogen and oxygen atoms in total. The van der Waals surface area contributed by atoms with Crippen LogP contribution in [-0.2, 0) is 11.3 Å². The summed E-state index contributed by atoms with van der Waals surface area (Å²) in [6.07, 6.45) is 0. The van der Waals surface area contributed by atoms with Crippen LogP contribution in [0.1, 0.15) is 15.9 Å². The molecular weight excluding hydrogens is 446 g/mol. The molecule has 174 valence electrons. The standard InChI is InChI=1S/C24H26ClN3O5/c1-26-22(29)13-28(2)12-17-15-8-6-5-7-14(15)9-16(23(17)30)24(31)27-19-10-18(25)20(32-3)11-21(19)33-4/h5-11,30H,12-13H2,1-4H3,(H,26,29)(H,27,31). The highest BCUT2D eigenvalue weighted by Gasteiger charge is 2.21. The summed E-state index contributed by atoms with van der Waals surface area (Å²) in [7, 11) is 6.27. The molecule has 0 saturated heterocycles. The zero-order chi connectivity index (χ0) is 24.1. The van der Waals surface area contributed by atoms with Crippen molar-refractivity contribution in [1.29, 1.82) is 0 Å². The number of halogens is 1. The Kier molecular flexibility index (Phi) is 7.63. The number of carbonyl (C=O) groups excluding carboxylic acids is 2. The van der Waals surface area contributed by atoms with E-state index in [9.17, 15) is 14.7 Å². The van der Waals surface area contributed by atoms with E-state index in [0.29, 0.717) is 27.8 Å². The molecule has 3 aromatic rings. The molecule has 9 heteroatoms. The number of rotatable bonds is 8. The molecule has 3 rings (SSSR count). The number of nitrogens with one attached hydrogen (secondary N) is 2. The molecule has 3 aromatic carbocycles. The highest BCUT2D eigenvalue weighted by molar-refractivity contribution is 6.32. The first-order chi connectivity index (χ1) is 15.8. The van der Waals surface area contributed by atoms with Gasteiger partial charge in [0.1, 0.15) is 17.2 Å². The van der Waals surface area contributed by atoms with Gasteiger partial charge in [0.2, 0.25) is 5.91 Å². The molecule has 2 amide bonds. The molecule has 0 aliphatic heterocycles. The van der Waals surface area contributed by atoms with Crippen molar-refractivity contribution >= 4 is 39.9 Å². The second kappa shape index (κ2) is 10.4. The van der Waals surface area contributed by atoms with E-state index in [0.717, 1.165) is 10.8 Å². The minimum atomic E-state index is -0.534. The van der Waals surface area contributed by atoms with Gasteiger partial charge in [-0.05, 0) is 30.0 Å². The van der Waals surface area contributed by atoms with Crippen molar-refractivity contribution in [3.8, 4) is 17.2 Å². The molecule has 0 spiro atoms. The van der Waals surface area contributed by atoms with Crippen molar-refractivity contribution in [1.82, 2.24) is 10.2 Å². The summed E-state index contributed by atoms with van der Waals surface area (Å²) in [6, 6.07) is 12.1. The first-order valence-electron chi connectivity index (χ1n) is 10.1. The van der Waals surface area contributed by atoms with Crippen LogP contribution in [0.2, 0.25) is 5.02 Å². The smallest absolute Gasteiger partial charge is 0.259 e.